The van der Waals surface area contributed by atoms with E-state index in [1.54, 1.807) is 13.2 Å². The fourth-order valence-corrected chi connectivity index (χ4v) is 1.47. The first-order valence-corrected chi connectivity index (χ1v) is 4.77. The summed E-state index contributed by atoms with van der Waals surface area (Å²) in [6.07, 6.45) is 3.65. The van der Waals surface area contributed by atoms with Crippen molar-refractivity contribution in [3.05, 3.63) is 12.2 Å². The molecule has 0 spiro atoms. The largest absolute Gasteiger partial charge is 0.458 e. The van der Waals surface area contributed by atoms with Crippen molar-refractivity contribution in [3.8, 4) is 0 Å². The molecule has 5 nitrogen and oxygen atoms in total. The van der Waals surface area contributed by atoms with Crippen molar-refractivity contribution in [3.63, 3.8) is 0 Å². The number of hydrogen-bond acceptors (Lipinski definition) is 5. The standard InChI is InChI=1S/C10H15NO4/c1-14-8-9-6-11(4-2-3-5-12)7-10(13)15-9/h2-3,5,9H,4,6-8H2,1H3/t9-/m1/s1. The van der Waals surface area contributed by atoms with Crippen LogP contribution in [0, 0.1) is 0 Å². The zero-order chi connectivity index (χ0) is 11.1. The summed E-state index contributed by atoms with van der Waals surface area (Å²) in [6.45, 7) is 1.89. The second kappa shape index (κ2) is 6.31. The molecule has 0 radical (unpaired) electrons. The van der Waals surface area contributed by atoms with Crippen molar-refractivity contribution in [2.75, 3.05) is 33.4 Å². The number of hydrogen-bond donors (Lipinski definition) is 0. The van der Waals surface area contributed by atoms with Crippen LogP contribution in [0.2, 0.25) is 0 Å². The Morgan fingerprint density at radius 1 is 1.67 bits per heavy atom. The Labute approximate surface area is 88.6 Å². The van der Waals surface area contributed by atoms with Crippen LogP contribution in [0.5, 0.6) is 0 Å². The van der Waals surface area contributed by atoms with Crippen LogP contribution >= 0.6 is 0 Å². The Bertz CT molecular complexity index is 252. The van der Waals surface area contributed by atoms with Crippen LogP contribution in [0.25, 0.3) is 0 Å². The van der Waals surface area contributed by atoms with Crippen LogP contribution in [-0.4, -0.2) is 56.6 Å². The number of aldehydes is 1. The molecule has 15 heavy (non-hydrogen) atoms. The Kier molecular flexibility index (Phi) is 5.00. The Balaban J connectivity index is 2.40. The van der Waals surface area contributed by atoms with Gasteiger partial charge in [-0.25, -0.2) is 0 Å². The number of esters is 1. The summed E-state index contributed by atoms with van der Waals surface area (Å²) in [5.74, 6) is -0.247. The fourth-order valence-electron chi connectivity index (χ4n) is 1.47. The van der Waals surface area contributed by atoms with Crippen LogP contribution in [0.1, 0.15) is 0 Å². The summed E-state index contributed by atoms with van der Waals surface area (Å²) in [7, 11) is 1.57. The van der Waals surface area contributed by atoms with Gasteiger partial charge in [0.1, 0.15) is 12.4 Å². The molecule has 5 heteroatoms. The summed E-state index contributed by atoms with van der Waals surface area (Å²) in [4.78, 5) is 23.2. The molecule has 1 saturated heterocycles. The molecule has 0 N–H and O–H groups in total. The second-order valence-corrected chi connectivity index (χ2v) is 3.33. The third-order valence-corrected chi connectivity index (χ3v) is 2.04. The topological polar surface area (TPSA) is 55.8 Å². The highest BCUT2D eigenvalue weighted by atomic mass is 16.6. The van der Waals surface area contributed by atoms with E-state index in [1.807, 2.05) is 4.90 Å². The first kappa shape index (κ1) is 11.9. The number of cyclic esters (lactones) is 1. The van der Waals surface area contributed by atoms with Crippen molar-refractivity contribution >= 4 is 12.3 Å². The SMILES string of the molecule is COC[C@H]1CN(CC=CC=O)CC(=O)O1. The third-order valence-electron chi connectivity index (χ3n) is 2.04. The maximum Gasteiger partial charge on any atom is 0.320 e. The van der Waals surface area contributed by atoms with E-state index >= 15 is 0 Å². The fraction of sp³-hybridized carbons (Fsp3) is 0.600. The number of methoxy groups -OCH3 is 1. The van der Waals surface area contributed by atoms with Crippen LogP contribution in [0.15, 0.2) is 12.2 Å². The number of rotatable bonds is 5. The molecule has 0 saturated carbocycles. The van der Waals surface area contributed by atoms with Crippen LogP contribution in [0.4, 0.5) is 0 Å². The summed E-state index contributed by atoms with van der Waals surface area (Å²) in [5, 5.41) is 0. The predicted octanol–water partition coefficient (Wildman–Crippen LogP) is -0.385. The van der Waals surface area contributed by atoms with Crippen molar-refractivity contribution in [2.45, 2.75) is 6.10 Å². The monoisotopic (exact) mass is 213 g/mol. The number of carbonyl (C=O) groups is 2. The van der Waals surface area contributed by atoms with E-state index in [4.69, 9.17) is 9.47 Å². The number of allylic oxidation sites excluding steroid dienone is 1. The summed E-state index contributed by atoms with van der Waals surface area (Å²) >= 11 is 0. The van der Waals surface area contributed by atoms with Crippen LogP contribution in [0.3, 0.4) is 0 Å². The highest BCUT2D eigenvalue weighted by Gasteiger charge is 2.25. The molecule has 1 rings (SSSR count). The molecular formula is C10H15NO4. The van der Waals surface area contributed by atoms with Gasteiger partial charge in [-0.05, 0) is 6.08 Å². The molecule has 84 valence electrons. The first-order valence-electron chi connectivity index (χ1n) is 4.77. The maximum atomic E-state index is 11.2. The zero-order valence-electron chi connectivity index (χ0n) is 8.72. The predicted molar refractivity (Wildman–Crippen MR) is 53.4 cm³/mol. The molecule has 1 fully saturated rings. The van der Waals surface area contributed by atoms with Gasteiger partial charge in [0.05, 0.1) is 13.2 Å². The van der Waals surface area contributed by atoms with E-state index in [-0.39, 0.29) is 18.6 Å². The number of carbonyl (C=O) groups excluding carboxylic acids is 2. The summed E-state index contributed by atoms with van der Waals surface area (Å²) in [6, 6.07) is 0. The Hall–Kier alpha value is -1.20. The van der Waals surface area contributed by atoms with E-state index in [0.29, 0.717) is 19.7 Å². The molecule has 0 unspecified atom stereocenters. The molecule has 1 aliphatic rings. The normalized spacial score (nSPS) is 23.0. The Morgan fingerprint density at radius 3 is 3.13 bits per heavy atom. The van der Waals surface area contributed by atoms with Gasteiger partial charge < -0.3 is 9.47 Å². The van der Waals surface area contributed by atoms with Gasteiger partial charge >= 0.3 is 5.97 Å². The van der Waals surface area contributed by atoms with Gasteiger partial charge in [-0.15, -0.1) is 0 Å². The number of ether oxygens (including phenoxy) is 2. The third kappa shape index (κ3) is 4.22. The quantitative estimate of drug-likeness (QED) is 0.354. The Morgan fingerprint density at radius 2 is 2.47 bits per heavy atom. The average molecular weight is 213 g/mol. The van der Waals surface area contributed by atoms with Crippen molar-refractivity contribution in [1.82, 2.24) is 4.90 Å². The molecule has 0 aromatic rings. The van der Waals surface area contributed by atoms with Gasteiger partial charge in [-0.3, -0.25) is 14.5 Å². The molecule has 1 atom stereocenters. The van der Waals surface area contributed by atoms with Crippen LogP contribution < -0.4 is 0 Å². The van der Waals surface area contributed by atoms with Gasteiger partial charge in [0.15, 0.2) is 0 Å². The van der Waals surface area contributed by atoms with Gasteiger partial charge in [0, 0.05) is 20.2 Å². The molecule has 0 aromatic heterocycles. The minimum absolute atomic E-state index is 0.208. The molecule has 0 aliphatic carbocycles. The lowest BCUT2D eigenvalue weighted by molar-refractivity contribution is -0.161. The minimum atomic E-state index is -0.247. The molecular weight excluding hydrogens is 198 g/mol. The smallest absolute Gasteiger partial charge is 0.320 e. The van der Waals surface area contributed by atoms with Gasteiger partial charge in [-0.2, -0.15) is 0 Å². The lowest BCUT2D eigenvalue weighted by atomic mass is 10.2. The molecule has 0 bridgehead atoms. The average Bonchev–Trinajstić information content (AvgIpc) is 2.18. The summed E-state index contributed by atoms with van der Waals surface area (Å²) in [5.41, 5.74) is 0. The minimum Gasteiger partial charge on any atom is -0.458 e. The highest BCUT2D eigenvalue weighted by Crippen LogP contribution is 2.06. The van der Waals surface area contributed by atoms with E-state index in [9.17, 15) is 9.59 Å². The molecule has 1 aliphatic heterocycles. The second-order valence-electron chi connectivity index (χ2n) is 3.33. The first-order chi connectivity index (χ1) is 7.26. The van der Waals surface area contributed by atoms with Gasteiger partial charge in [-0.1, -0.05) is 6.08 Å². The molecule has 1 heterocycles. The van der Waals surface area contributed by atoms with E-state index in [0.717, 1.165) is 6.29 Å². The van der Waals surface area contributed by atoms with Crippen molar-refractivity contribution < 1.29 is 19.1 Å². The van der Waals surface area contributed by atoms with E-state index in [2.05, 4.69) is 0 Å². The van der Waals surface area contributed by atoms with Crippen molar-refractivity contribution in [2.24, 2.45) is 0 Å². The molecule has 0 amide bonds. The van der Waals surface area contributed by atoms with Gasteiger partial charge in [0.25, 0.3) is 0 Å². The van der Waals surface area contributed by atoms with E-state index < -0.39 is 0 Å². The lowest BCUT2D eigenvalue weighted by Crippen LogP contribution is -2.47. The summed E-state index contributed by atoms with van der Waals surface area (Å²) < 4.78 is 9.99. The maximum absolute atomic E-state index is 11.2. The molecule has 0 aromatic carbocycles. The highest BCUT2D eigenvalue weighted by molar-refractivity contribution is 5.72. The van der Waals surface area contributed by atoms with Gasteiger partial charge in [0.2, 0.25) is 0 Å². The lowest BCUT2D eigenvalue weighted by Gasteiger charge is -2.30. The number of nitrogens with zero attached hydrogens (tertiary/aromatic N) is 1. The van der Waals surface area contributed by atoms with Crippen molar-refractivity contribution in [1.29, 1.82) is 0 Å². The number of morpholine rings is 1. The zero-order valence-corrected chi connectivity index (χ0v) is 8.72. The van der Waals surface area contributed by atoms with E-state index in [1.165, 1.54) is 6.08 Å². The van der Waals surface area contributed by atoms with Crippen LogP contribution in [-0.2, 0) is 19.1 Å².